The number of amides is 1. The molecule has 0 unspecified atom stereocenters. The molecular weight excluding hydrogens is 412 g/mol. The number of furan rings is 1. The number of nitrogens with zero attached hydrogens (tertiary/aromatic N) is 2. The highest BCUT2D eigenvalue weighted by atomic mass is 32.2. The van der Waals surface area contributed by atoms with Crippen molar-refractivity contribution in [1.29, 1.82) is 0 Å². The third-order valence-corrected chi connectivity index (χ3v) is 5.58. The molecule has 0 saturated heterocycles. The molecule has 154 valence electrons. The Bertz CT molecular complexity index is 915. The van der Waals surface area contributed by atoms with E-state index < -0.39 is 0 Å². The molecule has 0 atom stereocenters. The first kappa shape index (κ1) is 21.0. The Morgan fingerprint density at radius 1 is 1.21 bits per heavy atom. The van der Waals surface area contributed by atoms with Crippen LogP contribution in [0.25, 0.3) is 0 Å². The molecule has 0 spiro atoms. The van der Waals surface area contributed by atoms with Crippen molar-refractivity contribution in [3.8, 4) is 11.5 Å². The maximum atomic E-state index is 12.4. The fraction of sp³-hybridized carbons (Fsp3) is 0.316. The Labute approximate surface area is 177 Å². The van der Waals surface area contributed by atoms with Crippen LogP contribution in [0.15, 0.2) is 45.4 Å². The minimum Gasteiger partial charge on any atom is -0.494 e. The third kappa shape index (κ3) is 6.40. The summed E-state index contributed by atoms with van der Waals surface area (Å²) < 4.78 is 17.1. The van der Waals surface area contributed by atoms with Gasteiger partial charge in [0.2, 0.25) is 11.0 Å². The van der Waals surface area contributed by atoms with Gasteiger partial charge in [-0.1, -0.05) is 23.1 Å². The number of ether oxygens (including phenoxy) is 2. The van der Waals surface area contributed by atoms with E-state index in [2.05, 4.69) is 20.8 Å². The Morgan fingerprint density at radius 2 is 2.07 bits per heavy atom. The number of nitrogens with one attached hydrogen (secondary N) is 2. The van der Waals surface area contributed by atoms with Gasteiger partial charge in [-0.2, -0.15) is 0 Å². The van der Waals surface area contributed by atoms with Gasteiger partial charge in [-0.15, -0.1) is 10.2 Å². The number of aromatic nitrogens is 2. The molecule has 0 aliphatic carbocycles. The molecule has 2 heterocycles. The van der Waals surface area contributed by atoms with E-state index in [1.807, 2.05) is 32.0 Å². The summed E-state index contributed by atoms with van der Waals surface area (Å²) in [6.07, 6.45) is 1.62. The van der Waals surface area contributed by atoms with Crippen LogP contribution < -0.4 is 20.1 Å². The van der Waals surface area contributed by atoms with Crippen LogP contribution in [0.3, 0.4) is 0 Å². The van der Waals surface area contributed by atoms with Crippen molar-refractivity contribution >= 4 is 39.8 Å². The summed E-state index contributed by atoms with van der Waals surface area (Å²) in [6, 6.07) is 9.08. The van der Waals surface area contributed by atoms with Gasteiger partial charge in [0.15, 0.2) is 4.34 Å². The van der Waals surface area contributed by atoms with E-state index in [0.717, 1.165) is 5.76 Å². The van der Waals surface area contributed by atoms with Crippen molar-refractivity contribution in [1.82, 2.24) is 10.2 Å². The second-order valence-corrected chi connectivity index (χ2v) is 7.87. The SMILES string of the molecule is CCOc1ccc(OCC)c(NC(=O)CSc2nnc(NCc3ccco3)s2)c1. The van der Waals surface area contributed by atoms with E-state index >= 15 is 0 Å². The van der Waals surface area contributed by atoms with Gasteiger partial charge in [-0.3, -0.25) is 4.79 Å². The summed E-state index contributed by atoms with van der Waals surface area (Å²) in [6.45, 7) is 5.38. The zero-order valence-corrected chi connectivity index (χ0v) is 17.8. The molecule has 0 fully saturated rings. The maximum absolute atomic E-state index is 12.4. The number of thioether (sulfide) groups is 1. The van der Waals surface area contributed by atoms with Gasteiger partial charge >= 0.3 is 0 Å². The van der Waals surface area contributed by atoms with Crippen LogP contribution in [0, 0.1) is 0 Å². The Morgan fingerprint density at radius 3 is 2.83 bits per heavy atom. The second kappa shape index (κ2) is 10.7. The van der Waals surface area contributed by atoms with Crippen LogP contribution in [0.4, 0.5) is 10.8 Å². The predicted octanol–water partition coefficient (Wildman–Crippen LogP) is 4.27. The molecule has 3 rings (SSSR count). The fourth-order valence-electron chi connectivity index (χ4n) is 2.37. The maximum Gasteiger partial charge on any atom is 0.234 e. The molecule has 1 amide bonds. The van der Waals surface area contributed by atoms with Gasteiger partial charge < -0.3 is 24.5 Å². The quantitative estimate of drug-likeness (QED) is 0.432. The van der Waals surface area contributed by atoms with Gasteiger partial charge in [0, 0.05) is 6.07 Å². The Hall–Kier alpha value is -2.72. The van der Waals surface area contributed by atoms with Crippen LogP contribution in [-0.4, -0.2) is 35.1 Å². The fourth-order valence-corrected chi connectivity index (χ4v) is 3.92. The van der Waals surface area contributed by atoms with Crippen LogP contribution in [0.5, 0.6) is 11.5 Å². The molecule has 1 aromatic carbocycles. The lowest BCUT2D eigenvalue weighted by atomic mass is 10.2. The van der Waals surface area contributed by atoms with Gasteiger partial charge in [0.05, 0.1) is 37.5 Å². The summed E-state index contributed by atoms with van der Waals surface area (Å²) in [5.41, 5.74) is 0.585. The van der Waals surface area contributed by atoms with Crippen molar-refractivity contribution in [3.63, 3.8) is 0 Å². The van der Waals surface area contributed by atoms with E-state index in [9.17, 15) is 4.79 Å². The first-order valence-electron chi connectivity index (χ1n) is 9.10. The smallest absolute Gasteiger partial charge is 0.234 e. The monoisotopic (exact) mass is 434 g/mol. The van der Waals surface area contributed by atoms with E-state index in [-0.39, 0.29) is 11.7 Å². The van der Waals surface area contributed by atoms with Crippen LogP contribution in [0.2, 0.25) is 0 Å². The second-order valence-electron chi connectivity index (χ2n) is 5.67. The van der Waals surface area contributed by atoms with Gasteiger partial charge in [0.25, 0.3) is 0 Å². The van der Waals surface area contributed by atoms with Crippen LogP contribution >= 0.6 is 23.1 Å². The number of benzene rings is 1. The molecule has 0 saturated carbocycles. The Kier molecular flexibility index (Phi) is 7.77. The molecule has 8 nitrogen and oxygen atoms in total. The third-order valence-electron chi connectivity index (χ3n) is 3.56. The Balaban J connectivity index is 1.52. The molecule has 2 N–H and O–H groups in total. The molecule has 3 aromatic rings. The number of rotatable bonds is 11. The molecule has 29 heavy (non-hydrogen) atoms. The molecule has 0 bridgehead atoms. The van der Waals surface area contributed by atoms with Crippen molar-refractivity contribution < 1.29 is 18.7 Å². The zero-order valence-electron chi connectivity index (χ0n) is 16.1. The summed E-state index contributed by atoms with van der Waals surface area (Å²) in [4.78, 5) is 12.4. The average Bonchev–Trinajstić information content (AvgIpc) is 3.39. The summed E-state index contributed by atoms with van der Waals surface area (Å²) in [7, 11) is 0. The lowest BCUT2D eigenvalue weighted by molar-refractivity contribution is -0.113. The molecule has 0 aliphatic rings. The molecule has 2 aromatic heterocycles. The molecule has 0 aliphatic heterocycles. The lowest BCUT2D eigenvalue weighted by Crippen LogP contribution is -2.15. The average molecular weight is 435 g/mol. The highest BCUT2D eigenvalue weighted by molar-refractivity contribution is 8.01. The minimum atomic E-state index is -0.162. The normalized spacial score (nSPS) is 10.6. The van der Waals surface area contributed by atoms with E-state index in [4.69, 9.17) is 13.9 Å². The summed E-state index contributed by atoms with van der Waals surface area (Å²) >= 11 is 2.71. The molecular formula is C19H22N4O4S2. The van der Waals surface area contributed by atoms with Gasteiger partial charge in [0.1, 0.15) is 17.3 Å². The van der Waals surface area contributed by atoms with E-state index in [1.165, 1.54) is 23.1 Å². The van der Waals surface area contributed by atoms with Crippen molar-refractivity contribution in [2.75, 3.05) is 29.6 Å². The molecule has 0 radical (unpaired) electrons. The number of carbonyl (C=O) groups excluding carboxylic acids is 1. The number of hydrogen-bond donors (Lipinski definition) is 2. The standard InChI is InChI=1S/C19H22N4O4S2/c1-3-25-13-7-8-16(26-4-2)15(10-13)21-17(24)12-28-19-23-22-18(29-19)20-11-14-6-5-9-27-14/h5-10H,3-4,11-12H2,1-2H3,(H,20,22)(H,21,24). The van der Waals surface area contributed by atoms with Crippen LogP contribution in [0.1, 0.15) is 19.6 Å². The highest BCUT2D eigenvalue weighted by Crippen LogP contribution is 2.30. The lowest BCUT2D eigenvalue weighted by Gasteiger charge is -2.13. The number of anilines is 2. The van der Waals surface area contributed by atoms with E-state index in [0.29, 0.717) is 46.4 Å². The number of hydrogen-bond acceptors (Lipinski definition) is 9. The van der Waals surface area contributed by atoms with Crippen LogP contribution in [-0.2, 0) is 11.3 Å². The van der Waals surface area contributed by atoms with Crippen molar-refractivity contribution in [2.24, 2.45) is 0 Å². The summed E-state index contributed by atoms with van der Waals surface area (Å²) in [5, 5.41) is 14.9. The van der Waals surface area contributed by atoms with Gasteiger partial charge in [-0.05, 0) is 38.1 Å². The predicted molar refractivity (Wildman–Crippen MR) is 114 cm³/mol. The first-order valence-corrected chi connectivity index (χ1v) is 10.9. The largest absolute Gasteiger partial charge is 0.494 e. The minimum absolute atomic E-state index is 0.162. The van der Waals surface area contributed by atoms with E-state index in [1.54, 1.807) is 18.4 Å². The highest BCUT2D eigenvalue weighted by Gasteiger charge is 2.12. The van der Waals surface area contributed by atoms with Crippen molar-refractivity contribution in [3.05, 3.63) is 42.4 Å². The zero-order chi connectivity index (χ0) is 20.5. The van der Waals surface area contributed by atoms with Gasteiger partial charge in [-0.25, -0.2) is 0 Å². The summed E-state index contributed by atoms with van der Waals surface area (Å²) in [5.74, 6) is 2.14. The molecule has 10 heteroatoms. The van der Waals surface area contributed by atoms with Crippen molar-refractivity contribution in [2.45, 2.75) is 24.7 Å². The first-order chi connectivity index (χ1) is 14.2. The topological polar surface area (TPSA) is 98.5 Å². The number of carbonyl (C=O) groups is 1.